The van der Waals surface area contributed by atoms with Crippen LogP contribution in [0.3, 0.4) is 0 Å². The Labute approximate surface area is 191 Å². The molecular weight excluding hydrogens is 429 g/mol. The van der Waals surface area contributed by atoms with Crippen molar-refractivity contribution in [2.24, 2.45) is 0 Å². The van der Waals surface area contributed by atoms with Crippen LogP contribution in [0.4, 0.5) is 5.69 Å². The van der Waals surface area contributed by atoms with Crippen LogP contribution in [-0.2, 0) is 16.8 Å². The second kappa shape index (κ2) is 8.37. The molecule has 0 aliphatic carbocycles. The Morgan fingerprint density at radius 1 is 1.00 bits per heavy atom. The van der Waals surface area contributed by atoms with Crippen LogP contribution < -0.4 is 5.32 Å². The Morgan fingerprint density at radius 2 is 1.71 bits per heavy atom. The monoisotopic (exact) mass is 451 g/mol. The van der Waals surface area contributed by atoms with Gasteiger partial charge in [0.25, 0.3) is 0 Å². The van der Waals surface area contributed by atoms with Crippen molar-refractivity contribution >= 4 is 45.8 Å². The SMILES string of the molecule is CC(C)(C)c1ccc(-c2nc3ccccc3n2CC(=O)Nc2cc(Cl)ccc2Cl)cc1. The lowest BCUT2D eigenvalue weighted by atomic mass is 9.87. The number of nitrogens with zero attached hydrogens (tertiary/aromatic N) is 2. The first-order valence-electron chi connectivity index (χ1n) is 10.0. The second-order valence-electron chi connectivity index (χ2n) is 8.51. The molecule has 1 heterocycles. The second-order valence-corrected chi connectivity index (χ2v) is 9.35. The minimum absolute atomic E-state index is 0.0643. The van der Waals surface area contributed by atoms with Gasteiger partial charge in [-0.25, -0.2) is 4.98 Å². The van der Waals surface area contributed by atoms with Gasteiger partial charge < -0.3 is 9.88 Å². The maximum absolute atomic E-state index is 12.9. The maximum Gasteiger partial charge on any atom is 0.244 e. The lowest BCUT2D eigenvalue weighted by molar-refractivity contribution is -0.116. The van der Waals surface area contributed by atoms with Gasteiger partial charge in [-0.05, 0) is 41.3 Å². The van der Waals surface area contributed by atoms with Crippen LogP contribution in [0.15, 0.2) is 66.7 Å². The lowest BCUT2D eigenvalue weighted by Crippen LogP contribution is -2.19. The Bertz CT molecular complexity index is 1250. The summed E-state index contributed by atoms with van der Waals surface area (Å²) in [5.41, 5.74) is 4.48. The van der Waals surface area contributed by atoms with Gasteiger partial charge in [0.05, 0.1) is 21.7 Å². The molecule has 1 aromatic heterocycles. The number of para-hydroxylation sites is 2. The number of halogens is 2. The first-order valence-corrected chi connectivity index (χ1v) is 10.8. The van der Waals surface area contributed by atoms with Gasteiger partial charge in [0.2, 0.25) is 5.91 Å². The summed E-state index contributed by atoms with van der Waals surface area (Å²) in [6.45, 7) is 6.65. The number of amides is 1. The smallest absolute Gasteiger partial charge is 0.244 e. The van der Waals surface area contributed by atoms with Gasteiger partial charge in [-0.1, -0.05) is 80.4 Å². The number of anilines is 1. The number of imidazole rings is 1. The summed E-state index contributed by atoms with van der Waals surface area (Å²) in [7, 11) is 0. The van der Waals surface area contributed by atoms with Crippen LogP contribution in [0.5, 0.6) is 0 Å². The van der Waals surface area contributed by atoms with Gasteiger partial charge in [-0.15, -0.1) is 0 Å². The number of benzene rings is 3. The summed E-state index contributed by atoms with van der Waals surface area (Å²) in [6, 6.07) is 21.1. The Morgan fingerprint density at radius 3 is 2.42 bits per heavy atom. The van der Waals surface area contributed by atoms with Gasteiger partial charge in [0, 0.05) is 10.6 Å². The Balaban J connectivity index is 1.70. The van der Waals surface area contributed by atoms with E-state index in [-0.39, 0.29) is 17.9 Å². The van der Waals surface area contributed by atoms with Gasteiger partial charge in [-0.3, -0.25) is 4.79 Å². The van der Waals surface area contributed by atoms with Crippen molar-refractivity contribution in [1.29, 1.82) is 0 Å². The van der Waals surface area contributed by atoms with Crippen LogP contribution in [0.1, 0.15) is 26.3 Å². The van der Waals surface area contributed by atoms with E-state index in [1.807, 2.05) is 28.8 Å². The number of rotatable bonds is 4. The fourth-order valence-corrected chi connectivity index (χ4v) is 3.84. The predicted octanol–water partition coefficient (Wildman–Crippen LogP) is 6.95. The van der Waals surface area contributed by atoms with Crippen molar-refractivity contribution in [3.05, 3.63) is 82.3 Å². The van der Waals surface area contributed by atoms with Gasteiger partial charge in [-0.2, -0.15) is 0 Å². The molecule has 1 N–H and O–H groups in total. The number of carbonyl (C=O) groups is 1. The van der Waals surface area contributed by atoms with E-state index >= 15 is 0 Å². The van der Waals surface area contributed by atoms with E-state index in [1.54, 1.807) is 18.2 Å². The molecule has 0 spiro atoms. The number of aromatic nitrogens is 2. The number of fused-ring (bicyclic) bond motifs is 1. The van der Waals surface area contributed by atoms with E-state index in [2.05, 4.69) is 50.4 Å². The molecule has 0 radical (unpaired) electrons. The molecule has 0 aliphatic heterocycles. The van der Waals surface area contributed by atoms with Crippen molar-refractivity contribution < 1.29 is 4.79 Å². The first kappa shape index (κ1) is 21.4. The maximum atomic E-state index is 12.9. The van der Waals surface area contributed by atoms with E-state index in [1.165, 1.54) is 5.56 Å². The van der Waals surface area contributed by atoms with E-state index in [4.69, 9.17) is 28.2 Å². The third-order valence-electron chi connectivity index (χ3n) is 5.17. The molecule has 4 aromatic rings. The van der Waals surface area contributed by atoms with Crippen molar-refractivity contribution in [3.8, 4) is 11.4 Å². The van der Waals surface area contributed by atoms with Crippen molar-refractivity contribution in [2.45, 2.75) is 32.7 Å². The van der Waals surface area contributed by atoms with E-state index in [0.717, 1.165) is 22.4 Å². The molecule has 4 nitrogen and oxygen atoms in total. The zero-order valence-corrected chi connectivity index (χ0v) is 19.1. The molecule has 6 heteroatoms. The highest BCUT2D eigenvalue weighted by Crippen LogP contribution is 2.29. The van der Waals surface area contributed by atoms with Gasteiger partial charge in [0.15, 0.2) is 0 Å². The highest BCUT2D eigenvalue weighted by molar-refractivity contribution is 6.35. The molecule has 0 saturated carbocycles. The first-order chi connectivity index (χ1) is 14.7. The minimum Gasteiger partial charge on any atom is -0.323 e. The topological polar surface area (TPSA) is 46.9 Å². The lowest BCUT2D eigenvalue weighted by Gasteiger charge is -2.19. The summed E-state index contributed by atoms with van der Waals surface area (Å²) in [5.74, 6) is 0.536. The largest absolute Gasteiger partial charge is 0.323 e. The fraction of sp³-hybridized carbons (Fsp3) is 0.200. The van der Waals surface area contributed by atoms with Crippen molar-refractivity contribution in [3.63, 3.8) is 0 Å². The van der Waals surface area contributed by atoms with Crippen LogP contribution in [0.2, 0.25) is 10.0 Å². The van der Waals surface area contributed by atoms with E-state index in [0.29, 0.717) is 15.7 Å². The minimum atomic E-state index is -0.208. The summed E-state index contributed by atoms with van der Waals surface area (Å²) in [5, 5.41) is 3.80. The van der Waals surface area contributed by atoms with Crippen LogP contribution >= 0.6 is 23.2 Å². The fourth-order valence-electron chi connectivity index (χ4n) is 3.50. The molecule has 0 unspecified atom stereocenters. The Hall–Kier alpha value is -2.82. The normalized spacial score (nSPS) is 11.6. The molecule has 0 saturated heterocycles. The number of hydrogen-bond donors (Lipinski definition) is 1. The number of hydrogen-bond acceptors (Lipinski definition) is 2. The van der Waals surface area contributed by atoms with Crippen LogP contribution in [-0.4, -0.2) is 15.5 Å². The summed E-state index contributed by atoms with van der Waals surface area (Å²) in [4.78, 5) is 17.7. The summed E-state index contributed by atoms with van der Waals surface area (Å²) < 4.78 is 1.93. The van der Waals surface area contributed by atoms with E-state index in [9.17, 15) is 4.79 Å². The molecule has 0 fully saturated rings. The molecule has 3 aromatic carbocycles. The summed E-state index contributed by atoms with van der Waals surface area (Å²) >= 11 is 12.2. The molecule has 158 valence electrons. The molecule has 0 atom stereocenters. The highest BCUT2D eigenvalue weighted by Gasteiger charge is 2.18. The number of carbonyl (C=O) groups excluding carboxylic acids is 1. The molecule has 0 bridgehead atoms. The highest BCUT2D eigenvalue weighted by atomic mass is 35.5. The zero-order valence-electron chi connectivity index (χ0n) is 17.6. The molecule has 4 rings (SSSR count). The zero-order chi connectivity index (χ0) is 22.2. The van der Waals surface area contributed by atoms with Crippen molar-refractivity contribution in [1.82, 2.24) is 9.55 Å². The molecule has 31 heavy (non-hydrogen) atoms. The molecular formula is C25H23Cl2N3O. The Kier molecular flexibility index (Phi) is 5.78. The van der Waals surface area contributed by atoms with Crippen LogP contribution in [0.25, 0.3) is 22.4 Å². The third-order valence-corrected chi connectivity index (χ3v) is 5.73. The third kappa shape index (κ3) is 4.60. The quantitative estimate of drug-likeness (QED) is 0.364. The number of nitrogens with one attached hydrogen (secondary N) is 1. The van der Waals surface area contributed by atoms with Gasteiger partial charge >= 0.3 is 0 Å². The molecule has 1 amide bonds. The standard InChI is InChI=1S/C25H23Cl2N3O/c1-25(2,3)17-10-8-16(9-11-17)24-29-20-6-4-5-7-22(20)30(24)15-23(31)28-21-14-18(26)12-13-19(21)27/h4-14H,15H2,1-3H3,(H,28,31). The predicted molar refractivity (Wildman–Crippen MR) is 129 cm³/mol. The van der Waals surface area contributed by atoms with Gasteiger partial charge in [0.1, 0.15) is 12.4 Å². The summed E-state index contributed by atoms with van der Waals surface area (Å²) in [6.07, 6.45) is 0. The average molecular weight is 452 g/mol. The average Bonchev–Trinajstić information content (AvgIpc) is 3.08. The van der Waals surface area contributed by atoms with Crippen LogP contribution in [0, 0.1) is 0 Å². The van der Waals surface area contributed by atoms with E-state index < -0.39 is 0 Å². The molecule has 0 aliphatic rings. The van der Waals surface area contributed by atoms with Crippen molar-refractivity contribution in [2.75, 3.05) is 5.32 Å².